The van der Waals surface area contributed by atoms with Gasteiger partial charge in [-0.25, -0.2) is 9.67 Å². The number of fused-ring (bicyclic) bond motifs is 1. The molecule has 0 saturated carbocycles. The summed E-state index contributed by atoms with van der Waals surface area (Å²) in [6.07, 6.45) is 2.94. The second kappa shape index (κ2) is 7.11. The lowest BCUT2D eigenvalue weighted by Gasteiger charge is -2.18. The highest BCUT2D eigenvalue weighted by molar-refractivity contribution is 5.78. The van der Waals surface area contributed by atoms with E-state index in [-0.39, 0.29) is 18.0 Å². The van der Waals surface area contributed by atoms with Gasteiger partial charge in [-0.2, -0.15) is 5.10 Å². The average molecular weight is 353 g/mol. The maximum absolute atomic E-state index is 12.8. The van der Waals surface area contributed by atoms with Crippen LogP contribution in [0.1, 0.15) is 25.0 Å². The van der Waals surface area contributed by atoms with Gasteiger partial charge in [0.15, 0.2) is 5.65 Å². The molecular formula is C19H23N5O2. The highest BCUT2D eigenvalue weighted by Crippen LogP contribution is 2.19. The zero-order chi connectivity index (χ0) is 18.8. The predicted octanol–water partition coefficient (Wildman–Crippen LogP) is 2.07. The molecule has 0 atom stereocenters. The van der Waals surface area contributed by atoms with Gasteiger partial charge in [0.1, 0.15) is 18.3 Å². The SMILES string of the molecule is CCN(CC)C(=O)Cn1cnc2c(cnn2-c2cccc(C)c2C)c1=O. The van der Waals surface area contributed by atoms with Gasteiger partial charge in [-0.3, -0.25) is 14.2 Å². The summed E-state index contributed by atoms with van der Waals surface area (Å²) in [6, 6.07) is 5.94. The van der Waals surface area contributed by atoms with Crippen molar-refractivity contribution in [1.29, 1.82) is 0 Å². The summed E-state index contributed by atoms with van der Waals surface area (Å²) < 4.78 is 3.02. The van der Waals surface area contributed by atoms with Crippen molar-refractivity contribution in [3.8, 4) is 5.69 Å². The van der Waals surface area contributed by atoms with Crippen LogP contribution in [0.25, 0.3) is 16.7 Å². The molecule has 0 unspecified atom stereocenters. The summed E-state index contributed by atoms with van der Waals surface area (Å²) >= 11 is 0. The van der Waals surface area contributed by atoms with Crippen LogP contribution in [0.15, 0.2) is 35.5 Å². The zero-order valence-corrected chi connectivity index (χ0v) is 15.6. The normalized spacial score (nSPS) is 11.1. The largest absolute Gasteiger partial charge is 0.342 e. The number of likely N-dealkylation sites (N-methyl/N-ethyl adjacent to an activating group) is 1. The quantitative estimate of drug-likeness (QED) is 0.704. The van der Waals surface area contributed by atoms with Crippen molar-refractivity contribution in [2.75, 3.05) is 13.1 Å². The molecule has 0 fully saturated rings. The van der Waals surface area contributed by atoms with Gasteiger partial charge in [-0.05, 0) is 44.9 Å². The zero-order valence-electron chi connectivity index (χ0n) is 15.6. The van der Waals surface area contributed by atoms with Crippen molar-refractivity contribution in [1.82, 2.24) is 24.2 Å². The first-order valence-corrected chi connectivity index (χ1v) is 8.75. The maximum atomic E-state index is 12.8. The number of aryl methyl sites for hydroxylation is 1. The highest BCUT2D eigenvalue weighted by Gasteiger charge is 2.16. The fraction of sp³-hybridized carbons (Fsp3) is 0.368. The smallest absolute Gasteiger partial charge is 0.264 e. The number of carbonyl (C=O) groups is 1. The van der Waals surface area contributed by atoms with Crippen LogP contribution in [0.3, 0.4) is 0 Å². The molecule has 7 nitrogen and oxygen atoms in total. The second-order valence-electron chi connectivity index (χ2n) is 6.26. The van der Waals surface area contributed by atoms with E-state index in [2.05, 4.69) is 10.1 Å². The summed E-state index contributed by atoms with van der Waals surface area (Å²) in [6.45, 7) is 9.10. The van der Waals surface area contributed by atoms with E-state index in [1.54, 1.807) is 9.58 Å². The lowest BCUT2D eigenvalue weighted by Crippen LogP contribution is -2.36. The summed E-state index contributed by atoms with van der Waals surface area (Å²) in [5.74, 6) is -0.0971. The third-order valence-corrected chi connectivity index (χ3v) is 4.78. The Kier molecular flexibility index (Phi) is 4.88. The van der Waals surface area contributed by atoms with Crippen LogP contribution < -0.4 is 5.56 Å². The molecule has 1 amide bonds. The van der Waals surface area contributed by atoms with Gasteiger partial charge < -0.3 is 4.90 Å². The summed E-state index contributed by atoms with van der Waals surface area (Å²) in [5, 5.41) is 4.77. The molecule has 0 saturated heterocycles. The molecule has 0 aliphatic carbocycles. The first kappa shape index (κ1) is 17.8. The van der Waals surface area contributed by atoms with Gasteiger partial charge >= 0.3 is 0 Å². The molecule has 3 aromatic rings. The molecule has 136 valence electrons. The summed E-state index contributed by atoms with van der Waals surface area (Å²) in [4.78, 5) is 31.1. The lowest BCUT2D eigenvalue weighted by atomic mass is 10.1. The van der Waals surface area contributed by atoms with Crippen molar-refractivity contribution in [2.24, 2.45) is 0 Å². The number of carbonyl (C=O) groups excluding carboxylic acids is 1. The van der Waals surface area contributed by atoms with E-state index < -0.39 is 0 Å². The van der Waals surface area contributed by atoms with Gasteiger partial charge in [0.05, 0.1) is 11.9 Å². The van der Waals surface area contributed by atoms with E-state index in [0.29, 0.717) is 24.1 Å². The predicted molar refractivity (Wildman–Crippen MR) is 101 cm³/mol. The van der Waals surface area contributed by atoms with Gasteiger partial charge in [0, 0.05) is 13.1 Å². The van der Waals surface area contributed by atoms with Crippen molar-refractivity contribution in [3.05, 3.63) is 52.2 Å². The Hall–Kier alpha value is -2.96. The van der Waals surface area contributed by atoms with Gasteiger partial charge in [-0.15, -0.1) is 0 Å². The minimum absolute atomic E-state index is 0.0158. The molecule has 2 heterocycles. The Bertz CT molecular complexity index is 1010. The molecule has 1 aromatic carbocycles. The third-order valence-electron chi connectivity index (χ3n) is 4.78. The van der Waals surface area contributed by atoms with Crippen LogP contribution in [0.5, 0.6) is 0 Å². The Labute approximate surface area is 151 Å². The minimum atomic E-state index is -0.257. The molecule has 0 bridgehead atoms. The molecule has 0 aliphatic heterocycles. The Morgan fingerprint density at radius 1 is 1.19 bits per heavy atom. The van der Waals surface area contributed by atoms with Gasteiger partial charge in [0.2, 0.25) is 5.91 Å². The molecule has 2 aromatic heterocycles. The molecule has 26 heavy (non-hydrogen) atoms. The number of hydrogen-bond donors (Lipinski definition) is 0. The van der Waals surface area contributed by atoms with E-state index in [1.807, 2.05) is 45.9 Å². The maximum Gasteiger partial charge on any atom is 0.264 e. The molecule has 0 aliphatic rings. The van der Waals surface area contributed by atoms with Crippen LogP contribution in [0, 0.1) is 13.8 Å². The standard InChI is InChI=1S/C19H23N5O2/c1-5-22(6-2)17(25)11-23-12-20-18-15(19(23)26)10-21-24(18)16-9-7-8-13(3)14(16)4/h7-10,12H,5-6,11H2,1-4H3. The molecular weight excluding hydrogens is 330 g/mol. The fourth-order valence-electron chi connectivity index (χ4n) is 3.02. The fourth-order valence-corrected chi connectivity index (χ4v) is 3.02. The van der Waals surface area contributed by atoms with E-state index in [4.69, 9.17) is 0 Å². The van der Waals surface area contributed by atoms with Crippen LogP contribution in [-0.2, 0) is 11.3 Å². The van der Waals surface area contributed by atoms with Crippen molar-refractivity contribution in [2.45, 2.75) is 34.2 Å². The molecule has 0 spiro atoms. The van der Waals surface area contributed by atoms with E-state index >= 15 is 0 Å². The average Bonchev–Trinajstić information content (AvgIpc) is 3.05. The topological polar surface area (TPSA) is 73.0 Å². The van der Waals surface area contributed by atoms with Crippen LogP contribution in [-0.4, -0.2) is 43.2 Å². The Balaban J connectivity index is 2.04. The van der Waals surface area contributed by atoms with Crippen LogP contribution in [0.2, 0.25) is 0 Å². The highest BCUT2D eigenvalue weighted by atomic mass is 16.2. The van der Waals surface area contributed by atoms with E-state index in [1.165, 1.54) is 17.1 Å². The Morgan fingerprint density at radius 2 is 1.92 bits per heavy atom. The number of rotatable bonds is 5. The molecule has 0 N–H and O–H groups in total. The minimum Gasteiger partial charge on any atom is -0.342 e. The van der Waals surface area contributed by atoms with Crippen LogP contribution >= 0.6 is 0 Å². The second-order valence-corrected chi connectivity index (χ2v) is 6.26. The summed E-state index contributed by atoms with van der Waals surface area (Å²) in [5.41, 5.74) is 3.36. The molecule has 7 heteroatoms. The third kappa shape index (κ3) is 3.00. The number of aromatic nitrogens is 4. The first-order valence-electron chi connectivity index (χ1n) is 8.75. The monoisotopic (exact) mass is 353 g/mol. The van der Waals surface area contributed by atoms with Gasteiger partial charge in [0.25, 0.3) is 5.56 Å². The van der Waals surface area contributed by atoms with E-state index in [0.717, 1.165) is 16.8 Å². The number of amides is 1. The van der Waals surface area contributed by atoms with Crippen molar-refractivity contribution < 1.29 is 4.79 Å². The van der Waals surface area contributed by atoms with Crippen molar-refractivity contribution >= 4 is 16.9 Å². The van der Waals surface area contributed by atoms with Gasteiger partial charge in [-0.1, -0.05) is 12.1 Å². The van der Waals surface area contributed by atoms with Crippen molar-refractivity contribution in [3.63, 3.8) is 0 Å². The molecule has 0 radical (unpaired) electrons. The number of hydrogen-bond acceptors (Lipinski definition) is 4. The lowest BCUT2D eigenvalue weighted by molar-refractivity contribution is -0.131. The summed E-state index contributed by atoms with van der Waals surface area (Å²) in [7, 11) is 0. The number of nitrogens with zero attached hydrogens (tertiary/aromatic N) is 5. The molecule has 3 rings (SSSR count). The number of benzene rings is 1. The Morgan fingerprint density at radius 3 is 2.62 bits per heavy atom. The van der Waals surface area contributed by atoms with E-state index in [9.17, 15) is 9.59 Å². The van der Waals surface area contributed by atoms with Crippen LogP contribution in [0.4, 0.5) is 0 Å². The first-order chi connectivity index (χ1) is 12.5.